The van der Waals surface area contributed by atoms with E-state index in [1.54, 1.807) is 0 Å². The van der Waals surface area contributed by atoms with Crippen molar-refractivity contribution in [2.75, 3.05) is 0 Å². The molecule has 0 radical (unpaired) electrons. The second-order valence-corrected chi connectivity index (χ2v) is 4.16. The summed E-state index contributed by atoms with van der Waals surface area (Å²) in [4.78, 5) is 4.70. The molecule has 20 heavy (non-hydrogen) atoms. The van der Waals surface area contributed by atoms with Crippen LogP contribution in [-0.4, -0.2) is 5.71 Å². The molecule has 0 aliphatic carbocycles. The van der Waals surface area contributed by atoms with Crippen molar-refractivity contribution in [2.24, 2.45) is 4.99 Å². The van der Waals surface area contributed by atoms with Crippen LogP contribution in [0.15, 0.2) is 53.5 Å². The molecular weight excluding hydrogens is 242 g/mol. The maximum Gasteiger partial charge on any atom is 0.0668 e. The molecule has 0 spiro atoms. The lowest BCUT2D eigenvalue weighted by Gasteiger charge is -2.05. The largest absolute Gasteiger partial charge is 0.253 e. The zero-order valence-corrected chi connectivity index (χ0v) is 13.3. The van der Waals surface area contributed by atoms with Crippen molar-refractivity contribution in [2.45, 2.75) is 41.0 Å². The maximum atomic E-state index is 4.70. The normalized spacial score (nSPS) is 11.3. The van der Waals surface area contributed by atoms with E-state index in [9.17, 15) is 0 Å². The lowest BCUT2D eigenvalue weighted by Crippen LogP contribution is -1.97. The van der Waals surface area contributed by atoms with Crippen LogP contribution in [0.5, 0.6) is 0 Å². The Kier molecular flexibility index (Phi) is 6.72. The SMILES string of the molecule is CC.CC.CC1=Nc2ccccc2Cc2ccccc21. The lowest BCUT2D eigenvalue weighted by atomic mass is 9.98. The minimum atomic E-state index is 0.979. The first-order chi connectivity index (χ1) is 9.84. The summed E-state index contributed by atoms with van der Waals surface area (Å²) < 4.78 is 0. The predicted molar refractivity (Wildman–Crippen MR) is 90.3 cm³/mol. The van der Waals surface area contributed by atoms with Crippen molar-refractivity contribution >= 4 is 11.4 Å². The molecule has 0 amide bonds. The predicted octanol–water partition coefficient (Wildman–Crippen LogP) is 5.78. The van der Waals surface area contributed by atoms with Gasteiger partial charge < -0.3 is 0 Å². The first kappa shape index (κ1) is 16.2. The van der Waals surface area contributed by atoms with Gasteiger partial charge in [0.1, 0.15) is 0 Å². The average Bonchev–Trinajstić information content (AvgIpc) is 2.67. The van der Waals surface area contributed by atoms with Crippen molar-refractivity contribution in [1.29, 1.82) is 0 Å². The molecule has 0 saturated carbocycles. The molecule has 0 aromatic heterocycles. The molecule has 1 aliphatic heterocycles. The third-order valence-electron chi connectivity index (χ3n) is 3.07. The van der Waals surface area contributed by atoms with Gasteiger partial charge in [-0.25, -0.2) is 0 Å². The number of hydrogen-bond donors (Lipinski definition) is 0. The fourth-order valence-electron chi connectivity index (χ4n) is 2.24. The van der Waals surface area contributed by atoms with Crippen LogP contribution in [0, 0.1) is 0 Å². The van der Waals surface area contributed by atoms with Gasteiger partial charge in [-0.15, -0.1) is 0 Å². The van der Waals surface area contributed by atoms with Gasteiger partial charge in [0.05, 0.1) is 5.69 Å². The fourth-order valence-corrected chi connectivity index (χ4v) is 2.24. The van der Waals surface area contributed by atoms with Crippen LogP contribution in [0.4, 0.5) is 5.69 Å². The summed E-state index contributed by atoms with van der Waals surface area (Å²) in [5.74, 6) is 0. The molecular formula is C19H25N. The summed E-state index contributed by atoms with van der Waals surface area (Å²) in [6.07, 6.45) is 0.979. The third-order valence-corrected chi connectivity index (χ3v) is 3.07. The first-order valence-corrected chi connectivity index (χ1v) is 7.56. The summed E-state index contributed by atoms with van der Waals surface area (Å²) >= 11 is 0. The average molecular weight is 267 g/mol. The highest BCUT2D eigenvalue weighted by atomic mass is 14.8. The van der Waals surface area contributed by atoms with E-state index in [1.165, 1.54) is 16.7 Å². The van der Waals surface area contributed by atoms with Crippen LogP contribution in [0.1, 0.15) is 51.3 Å². The summed E-state index contributed by atoms with van der Waals surface area (Å²) in [7, 11) is 0. The number of benzene rings is 2. The van der Waals surface area contributed by atoms with Crippen molar-refractivity contribution < 1.29 is 0 Å². The number of nitrogens with zero attached hydrogens (tertiary/aromatic N) is 1. The highest BCUT2D eigenvalue weighted by Crippen LogP contribution is 2.28. The Hall–Kier alpha value is -1.89. The van der Waals surface area contributed by atoms with E-state index in [4.69, 9.17) is 4.99 Å². The topological polar surface area (TPSA) is 12.4 Å². The van der Waals surface area contributed by atoms with E-state index in [1.807, 2.05) is 33.8 Å². The molecule has 0 fully saturated rings. The Morgan fingerprint density at radius 3 is 2.00 bits per heavy atom. The third kappa shape index (κ3) is 3.57. The van der Waals surface area contributed by atoms with Gasteiger partial charge in [0.2, 0.25) is 0 Å². The number of para-hydroxylation sites is 1. The molecule has 0 saturated heterocycles. The maximum absolute atomic E-state index is 4.70. The van der Waals surface area contributed by atoms with Gasteiger partial charge in [-0.3, -0.25) is 4.99 Å². The van der Waals surface area contributed by atoms with Crippen LogP contribution in [0.25, 0.3) is 0 Å². The van der Waals surface area contributed by atoms with Crippen molar-refractivity contribution in [3.8, 4) is 0 Å². The summed E-state index contributed by atoms with van der Waals surface area (Å²) in [6, 6.07) is 16.9. The van der Waals surface area contributed by atoms with Gasteiger partial charge in [-0.1, -0.05) is 70.2 Å². The van der Waals surface area contributed by atoms with E-state index >= 15 is 0 Å². The fraction of sp³-hybridized carbons (Fsp3) is 0.316. The van der Waals surface area contributed by atoms with E-state index in [0.717, 1.165) is 17.8 Å². The van der Waals surface area contributed by atoms with Gasteiger partial charge in [-0.2, -0.15) is 0 Å². The van der Waals surface area contributed by atoms with Crippen LogP contribution in [-0.2, 0) is 6.42 Å². The second kappa shape index (κ2) is 8.31. The van der Waals surface area contributed by atoms with Gasteiger partial charge in [0, 0.05) is 12.1 Å². The second-order valence-electron chi connectivity index (χ2n) is 4.16. The molecule has 1 aliphatic rings. The number of fused-ring (bicyclic) bond motifs is 2. The molecule has 0 unspecified atom stereocenters. The summed E-state index contributed by atoms with van der Waals surface area (Å²) in [5.41, 5.74) is 6.18. The summed E-state index contributed by atoms with van der Waals surface area (Å²) in [6.45, 7) is 10.1. The number of rotatable bonds is 0. The zero-order valence-electron chi connectivity index (χ0n) is 13.3. The molecule has 2 aromatic rings. The van der Waals surface area contributed by atoms with Gasteiger partial charge in [-0.05, 0) is 29.7 Å². The van der Waals surface area contributed by atoms with E-state index in [-0.39, 0.29) is 0 Å². The molecule has 2 aromatic carbocycles. The Morgan fingerprint density at radius 1 is 0.750 bits per heavy atom. The highest BCUT2D eigenvalue weighted by Gasteiger charge is 2.12. The van der Waals surface area contributed by atoms with Crippen molar-refractivity contribution in [3.05, 3.63) is 65.2 Å². The molecule has 1 heterocycles. The van der Waals surface area contributed by atoms with E-state index in [2.05, 4.69) is 49.4 Å². The lowest BCUT2D eigenvalue weighted by molar-refractivity contribution is 1.19. The number of hydrogen-bond acceptors (Lipinski definition) is 1. The molecule has 1 nitrogen and oxygen atoms in total. The van der Waals surface area contributed by atoms with Crippen molar-refractivity contribution in [3.63, 3.8) is 0 Å². The standard InChI is InChI=1S/C15H13N.2C2H6/c1-11-14-8-4-2-6-12(14)10-13-7-3-5-9-15(13)16-11;2*1-2/h2-9H,10H2,1H3;2*1-2H3. The minimum Gasteiger partial charge on any atom is -0.253 e. The molecule has 0 bridgehead atoms. The smallest absolute Gasteiger partial charge is 0.0668 e. The van der Waals surface area contributed by atoms with Crippen LogP contribution in [0.3, 0.4) is 0 Å². The van der Waals surface area contributed by atoms with E-state index < -0.39 is 0 Å². The molecule has 0 N–H and O–H groups in total. The van der Waals surface area contributed by atoms with Gasteiger partial charge in [0.15, 0.2) is 0 Å². The molecule has 3 rings (SSSR count). The first-order valence-electron chi connectivity index (χ1n) is 7.56. The minimum absolute atomic E-state index is 0.979. The summed E-state index contributed by atoms with van der Waals surface area (Å²) in [5, 5.41) is 0. The molecule has 0 atom stereocenters. The molecule has 106 valence electrons. The van der Waals surface area contributed by atoms with Crippen LogP contribution >= 0.6 is 0 Å². The Morgan fingerprint density at radius 2 is 1.30 bits per heavy atom. The van der Waals surface area contributed by atoms with Gasteiger partial charge >= 0.3 is 0 Å². The highest BCUT2D eigenvalue weighted by molar-refractivity contribution is 6.02. The van der Waals surface area contributed by atoms with E-state index in [0.29, 0.717) is 0 Å². The zero-order chi connectivity index (χ0) is 15.0. The van der Waals surface area contributed by atoms with Crippen LogP contribution < -0.4 is 0 Å². The van der Waals surface area contributed by atoms with Crippen LogP contribution in [0.2, 0.25) is 0 Å². The Bertz CT molecular complexity index is 567. The molecule has 1 heteroatoms. The quantitative estimate of drug-likeness (QED) is 0.573. The number of aliphatic imine (C=N–C) groups is 1. The Balaban J connectivity index is 0.000000461. The van der Waals surface area contributed by atoms with Gasteiger partial charge in [0.25, 0.3) is 0 Å². The van der Waals surface area contributed by atoms with Crippen molar-refractivity contribution in [1.82, 2.24) is 0 Å². The monoisotopic (exact) mass is 267 g/mol. The Labute approximate surface area is 123 Å².